The Morgan fingerprint density at radius 3 is 2.87 bits per heavy atom. The van der Waals surface area contributed by atoms with Gasteiger partial charge in [-0.25, -0.2) is 0 Å². The lowest BCUT2D eigenvalue weighted by Gasteiger charge is -2.38. The predicted octanol–water partition coefficient (Wildman–Crippen LogP) is 1.75. The molecule has 3 aromatic heterocycles. The van der Waals surface area contributed by atoms with Crippen molar-refractivity contribution in [2.24, 2.45) is 5.92 Å². The van der Waals surface area contributed by atoms with Gasteiger partial charge in [-0.1, -0.05) is 6.07 Å². The van der Waals surface area contributed by atoms with Gasteiger partial charge in [0.2, 0.25) is 0 Å². The third-order valence-electron chi connectivity index (χ3n) is 6.08. The number of nitrogens with one attached hydrogen (secondary N) is 1. The van der Waals surface area contributed by atoms with Crippen molar-refractivity contribution in [1.82, 2.24) is 34.7 Å². The highest BCUT2D eigenvalue weighted by Gasteiger charge is 2.30. The molecule has 0 aromatic carbocycles. The number of carbonyl (C=O) groups excluding carboxylic acids is 1. The van der Waals surface area contributed by atoms with E-state index in [1.807, 2.05) is 41.1 Å². The van der Waals surface area contributed by atoms with E-state index in [9.17, 15) is 4.79 Å². The van der Waals surface area contributed by atoms with Crippen LogP contribution in [-0.4, -0.2) is 68.5 Å². The fraction of sp³-hybridized carbons (Fsp3) is 0.455. The molecule has 156 valence electrons. The maximum atomic E-state index is 12.6. The second-order valence-corrected chi connectivity index (χ2v) is 8.41. The largest absolute Gasteiger partial charge is 0.352 e. The molecule has 2 fully saturated rings. The Morgan fingerprint density at radius 2 is 2.07 bits per heavy atom. The molecular formula is C22H27N7O. The van der Waals surface area contributed by atoms with E-state index in [1.54, 1.807) is 0 Å². The minimum Gasteiger partial charge on any atom is -0.352 e. The summed E-state index contributed by atoms with van der Waals surface area (Å²) in [7, 11) is 2.12. The van der Waals surface area contributed by atoms with Gasteiger partial charge in [0.25, 0.3) is 5.91 Å². The van der Waals surface area contributed by atoms with Crippen LogP contribution in [0.25, 0.3) is 5.65 Å². The number of piperazine rings is 1. The highest BCUT2D eigenvalue weighted by molar-refractivity contribution is 5.94. The summed E-state index contributed by atoms with van der Waals surface area (Å²) in [6.45, 7) is 4.34. The minimum atomic E-state index is -0.0303. The lowest BCUT2D eigenvalue weighted by molar-refractivity contribution is 0.0844. The van der Waals surface area contributed by atoms with Crippen LogP contribution in [0.3, 0.4) is 0 Å². The normalized spacial score (nSPS) is 20.5. The molecule has 4 heterocycles. The molecule has 0 spiro atoms. The molecule has 30 heavy (non-hydrogen) atoms. The maximum Gasteiger partial charge on any atom is 0.252 e. The van der Waals surface area contributed by atoms with Crippen LogP contribution in [0.15, 0.2) is 42.7 Å². The van der Waals surface area contributed by atoms with E-state index in [4.69, 9.17) is 0 Å². The first-order valence-electron chi connectivity index (χ1n) is 10.6. The number of hydrogen-bond acceptors (Lipinski definition) is 6. The van der Waals surface area contributed by atoms with Crippen molar-refractivity contribution >= 4 is 11.6 Å². The topological polar surface area (TPSA) is 78.7 Å². The molecule has 0 bridgehead atoms. The zero-order chi connectivity index (χ0) is 20.5. The Balaban J connectivity index is 1.36. The van der Waals surface area contributed by atoms with E-state index < -0.39 is 0 Å². The second kappa shape index (κ2) is 8.12. The summed E-state index contributed by atoms with van der Waals surface area (Å²) in [4.78, 5) is 21.7. The first kappa shape index (κ1) is 19.1. The molecule has 1 unspecified atom stereocenters. The van der Waals surface area contributed by atoms with Gasteiger partial charge in [0, 0.05) is 45.1 Å². The maximum absolute atomic E-state index is 12.6. The van der Waals surface area contributed by atoms with Gasteiger partial charge in [-0.05, 0) is 50.1 Å². The van der Waals surface area contributed by atoms with Crippen LogP contribution in [-0.2, 0) is 6.54 Å². The van der Waals surface area contributed by atoms with E-state index in [0.717, 1.165) is 49.9 Å². The van der Waals surface area contributed by atoms with Crippen LogP contribution in [0.2, 0.25) is 0 Å². The van der Waals surface area contributed by atoms with Crippen LogP contribution < -0.4 is 5.32 Å². The van der Waals surface area contributed by atoms with E-state index in [0.29, 0.717) is 11.5 Å². The van der Waals surface area contributed by atoms with Crippen molar-refractivity contribution in [1.29, 1.82) is 0 Å². The Kier molecular flexibility index (Phi) is 5.18. The highest BCUT2D eigenvalue weighted by Crippen LogP contribution is 2.28. The molecule has 2 aliphatic rings. The summed E-state index contributed by atoms with van der Waals surface area (Å²) in [5.41, 5.74) is 2.48. The fourth-order valence-corrected chi connectivity index (χ4v) is 4.00. The lowest BCUT2D eigenvalue weighted by atomic mass is 10.1. The predicted molar refractivity (Wildman–Crippen MR) is 113 cm³/mol. The highest BCUT2D eigenvalue weighted by atomic mass is 16.1. The van der Waals surface area contributed by atoms with Crippen LogP contribution in [0.5, 0.6) is 0 Å². The standard InChI is InChI=1S/C22H27N7O/c1-27-10-11-28(14-18-4-2-3-9-23-18)15-19(27)21-26-25-20-8-7-17(13-29(20)21)22(30)24-12-16-5-6-16/h2-4,7-9,13,16,19H,5-6,10-12,14-15H2,1H3,(H,24,30). The number of likely N-dealkylation sites (N-methyl/N-ethyl adjacent to an activating group) is 1. The minimum absolute atomic E-state index is 0.0303. The number of aromatic nitrogens is 4. The van der Waals surface area contributed by atoms with Crippen molar-refractivity contribution in [2.45, 2.75) is 25.4 Å². The molecule has 1 saturated heterocycles. The monoisotopic (exact) mass is 405 g/mol. The molecule has 1 aliphatic carbocycles. The second-order valence-electron chi connectivity index (χ2n) is 8.41. The zero-order valence-electron chi connectivity index (χ0n) is 17.2. The molecule has 8 heteroatoms. The van der Waals surface area contributed by atoms with Gasteiger partial charge in [-0.2, -0.15) is 0 Å². The van der Waals surface area contributed by atoms with Crippen molar-refractivity contribution in [2.75, 3.05) is 33.2 Å². The Hall–Kier alpha value is -2.84. The molecule has 1 atom stereocenters. The summed E-state index contributed by atoms with van der Waals surface area (Å²) in [6, 6.07) is 9.83. The molecule has 5 rings (SSSR count). The Labute approximate surface area is 175 Å². The van der Waals surface area contributed by atoms with E-state index in [2.05, 4.69) is 43.4 Å². The fourth-order valence-electron chi connectivity index (χ4n) is 4.00. The van der Waals surface area contributed by atoms with Crippen molar-refractivity contribution < 1.29 is 4.79 Å². The molecule has 8 nitrogen and oxygen atoms in total. The molecule has 1 amide bonds. The van der Waals surface area contributed by atoms with Gasteiger partial charge in [-0.3, -0.25) is 24.0 Å². The summed E-state index contributed by atoms with van der Waals surface area (Å²) in [6.07, 6.45) is 6.15. The Morgan fingerprint density at radius 1 is 1.17 bits per heavy atom. The van der Waals surface area contributed by atoms with Gasteiger partial charge in [0.1, 0.15) is 0 Å². The van der Waals surface area contributed by atoms with E-state index in [1.165, 1.54) is 12.8 Å². The summed E-state index contributed by atoms with van der Waals surface area (Å²) in [5, 5.41) is 11.9. The number of fused-ring (bicyclic) bond motifs is 1. The van der Waals surface area contributed by atoms with Crippen LogP contribution in [0.1, 0.15) is 40.8 Å². The number of amides is 1. The first-order chi connectivity index (χ1) is 14.7. The van der Waals surface area contributed by atoms with Crippen molar-refractivity contribution in [3.63, 3.8) is 0 Å². The lowest BCUT2D eigenvalue weighted by Crippen LogP contribution is -2.46. The number of pyridine rings is 2. The third-order valence-corrected chi connectivity index (χ3v) is 6.08. The molecule has 3 aromatic rings. The quantitative estimate of drug-likeness (QED) is 0.673. The van der Waals surface area contributed by atoms with Gasteiger partial charge in [-0.15, -0.1) is 10.2 Å². The number of nitrogens with zero attached hydrogens (tertiary/aromatic N) is 6. The van der Waals surface area contributed by atoms with Gasteiger partial charge in [0.05, 0.1) is 17.3 Å². The summed E-state index contributed by atoms with van der Waals surface area (Å²) >= 11 is 0. The van der Waals surface area contributed by atoms with Gasteiger partial charge >= 0.3 is 0 Å². The van der Waals surface area contributed by atoms with Crippen LogP contribution >= 0.6 is 0 Å². The SMILES string of the molecule is CN1CCN(Cc2ccccn2)CC1c1nnc2ccc(C(=O)NCC3CC3)cn12. The van der Waals surface area contributed by atoms with Gasteiger partial charge < -0.3 is 5.32 Å². The first-order valence-corrected chi connectivity index (χ1v) is 10.6. The van der Waals surface area contributed by atoms with Crippen molar-refractivity contribution in [3.8, 4) is 0 Å². The summed E-state index contributed by atoms with van der Waals surface area (Å²) in [5.74, 6) is 1.50. The smallest absolute Gasteiger partial charge is 0.252 e. The average Bonchev–Trinajstić information content (AvgIpc) is 3.51. The van der Waals surface area contributed by atoms with Crippen LogP contribution in [0, 0.1) is 5.92 Å². The number of rotatable bonds is 6. The molecular weight excluding hydrogens is 378 g/mol. The van der Waals surface area contributed by atoms with E-state index >= 15 is 0 Å². The van der Waals surface area contributed by atoms with Crippen LogP contribution in [0.4, 0.5) is 0 Å². The number of hydrogen-bond donors (Lipinski definition) is 1. The van der Waals surface area contributed by atoms with E-state index in [-0.39, 0.29) is 11.9 Å². The molecule has 1 saturated carbocycles. The molecule has 1 N–H and O–H groups in total. The third kappa shape index (κ3) is 4.06. The average molecular weight is 406 g/mol. The molecule has 0 radical (unpaired) electrons. The summed E-state index contributed by atoms with van der Waals surface area (Å²) < 4.78 is 1.97. The zero-order valence-corrected chi connectivity index (χ0v) is 17.2. The van der Waals surface area contributed by atoms with Crippen molar-refractivity contribution in [3.05, 3.63) is 59.8 Å². The van der Waals surface area contributed by atoms with Gasteiger partial charge in [0.15, 0.2) is 11.5 Å². The number of carbonyl (C=O) groups is 1. The molecule has 1 aliphatic heterocycles. The Bertz CT molecular complexity index is 1030.